The summed E-state index contributed by atoms with van der Waals surface area (Å²) in [6.07, 6.45) is 0.276. The van der Waals surface area contributed by atoms with Crippen LogP contribution in [0.3, 0.4) is 0 Å². The van der Waals surface area contributed by atoms with Gasteiger partial charge in [0, 0.05) is 26.2 Å². The number of benzene rings is 1. The van der Waals surface area contributed by atoms with Gasteiger partial charge < -0.3 is 15.2 Å². The summed E-state index contributed by atoms with van der Waals surface area (Å²) in [7, 11) is 0. The summed E-state index contributed by atoms with van der Waals surface area (Å²) >= 11 is 0. The molecule has 1 fully saturated rings. The molecule has 2 rings (SSSR count). The average Bonchev–Trinajstić information content (AvgIpc) is 2.81. The standard InChI is InChI=1S/C17H26N2O3/c1-17(2,3)22-16(21)18-10-13-4-6-14(7-5-13)11-19-9-8-15(20)12-19/h4-7,15,20H,8-12H2,1-3H3,(H,18,21). The molecule has 1 atom stereocenters. The number of ether oxygens (including phenoxy) is 1. The lowest BCUT2D eigenvalue weighted by atomic mass is 10.1. The molecule has 0 aliphatic carbocycles. The normalized spacial score (nSPS) is 19.2. The maximum Gasteiger partial charge on any atom is 0.407 e. The molecule has 122 valence electrons. The number of aliphatic hydroxyl groups is 1. The third-order valence-electron chi connectivity index (χ3n) is 3.51. The Balaban J connectivity index is 1.78. The van der Waals surface area contributed by atoms with Crippen molar-refractivity contribution in [1.82, 2.24) is 10.2 Å². The van der Waals surface area contributed by atoms with E-state index >= 15 is 0 Å². The van der Waals surface area contributed by atoms with Gasteiger partial charge in [0.15, 0.2) is 0 Å². The van der Waals surface area contributed by atoms with Crippen molar-refractivity contribution in [3.05, 3.63) is 35.4 Å². The van der Waals surface area contributed by atoms with Crippen molar-refractivity contribution in [2.75, 3.05) is 13.1 Å². The van der Waals surface area contributed by atoms with E-state index in [9.17, 15) is 9.90 Å². The molecular weight excluding hydrogens is 280 g/mol. The van der Waals surface area contributed by atoms with E-state index in [4.69, 9.17) is 4.74 Å². The highest BCUT2D eigenvalue weighted by molar-refractivity contribution is 5.67. The summed E-state index contributed by atoms with van der Waals surface area (Å²) in [5.74, 6) is 0. The molecule has 1 aromatic carbocycles. The lowest BCUT2D eigenvalue weighted by molar-refractivity contribution is 0.0523. The smallest absolute Gasteiger partial charge is 0.407 e. The van der Waals surface area contributed by atoms with Crippen LogP contribution in [-0.4, -0.2) is 40.9 Å². The molecule has 1 aliphatic rings. The molecule has 1 amide bonds. The number of nitrogens with one attached hydrogen (secondary N) is 1. The van der Waals surface area contributed by atoms with Crippen LogP contribution in [0.25, 0.3) is 0 Å². The lowest BCUT2D eigenvalue weighted by Crippen LogP contribution is -2.32. The van der Waals surface area contributed by atoms with Gasteiger partial charge in [-0.25, -0.2) is 4.79 Å². The largest absolute Gasteiger partial charge is 0.444 e. The van der Waals surface area contributed by atoms with Crippen molar-refractivity contribution < 1.29 is 14.6 Å². The van der Waals surface area contributed by atoms with Crippen molar-refractivity contribution in [2.24, 2.45) is 0 Å². The van der Waals surface area contributed by atoms with Crippen LogP contribution in [0.1, 0.15) is 38.3 Å². The number of carbonyl (C=O) groups is 1. The number of β-amino-alcohol motifs (C(OH)–C–C–N with tert-alkyl or cyclic N) is 1. The van der Waals surface area contributed by atoms with Gasteiger partial charge in [0.25, 0.3) is 0 Å². The minimum Gasteiger partial charge on any atom is -0.444 e. The third kappa shape index (κ3) is 5.66. The fourth-order valence-corrected chi connectivity index (χ4v) is 2.46. The Bertz CT molecular complexity index is 494. The van der Waals surface area contributed by atoms with E-state index in [1.807, 2.05) is 32.9 Å². The minimum atomic E-state index is -0.478. The summed E-state index contributed by atoms with van der Waals surface area (Å²) in [5, 5.41) is 12.3. The van der Waals surface area contributed by atoms with Crippen molar-refractivity contribution in [2.45, 2.75) is 52.0 Å². The maximum absolute atomic E-state index is 11.6. The number of nitrogens with zero attached hydrogens (tertiary/aromatic N) is 1. The van der Waals surface area contributed by atoms with Crippen molar-refractivity contribution in [1.29, 1.82) is 0 Å². The molecule has 5 heteroatoms. The van der Waals surface area contributed by atoms with Gasteiger partial charge in [0.05, 0.1) is 6.10 Å². The van der Waals surface area contributed by atoms with Crippen LogP contribution < -0.4 is 5.32 Å². The summed E-state index contributed by atoms with van der Waals surface area (Å²) in [5.41, 5.74) is 1.78. The van der Waals surface area contributed by atoms with Crippen LogP contribution in [0.5, 0.6) is 0 Å². The molecule has 1 unspecified atom stereocenters. The van der Waals surface area contributed by atoms with Gasteiger partial charge >= 0.3 is 6.09 Å². The second-order valence-electron chi connectivity index (χ2n) is 6.85. The fourth-order valence-electron chi connectivity index (χ4n) is 2.46. The van der Waals surface area contributed by atoms with Crippen LogP contribution in [0.4, 0.5) is 4.79 Å². The number of amides is 1. The number of hydrogen-bond acceptors (Lipinski definition) is 4. The van der Waals surface area contributed by atoms with Crippen LogP contribution in [0, 0.1) is 0 Å². The maximum atomic E-state index is 11.6. The van der Waals surface area contributed by atoms with Gasteiger partial charge in [-0.3, -0.25) is 4.90 Å². The van der Waals surface area contributed by atoms with E-state index in [-0.39, 0.29) is 6.10 Å². The first-order chi connectivity index (χ1) is 10.3. The minimum absolute atomic E-state index is 0.183. The Morgan fingerprint density at radius 2 is 1.95 bits per heavy atom. The Kier molecular flexibility index (Phi) is 5.42. The highest BCUT2D eigenvalue weighted by Crippen LogP contribution is 2.14. The van der Waals surface area contributed by atoms with Gasteiger partial charge in [-0.05, 0) is 38.3 Å². The molecule has 0 bridgehead atoms. The predicted molar refractivity (Wildman–Crippen MR) is 85.4 cm³/mol. The molecule has 1 heterocycles. The summed E-state index contributed by atoms with van der Waals surface area (Å²) in [6, 6.07) is 8.16. The number of rotatable bonds is 4. The van der Waals surface area contributed by atoms with Gasteiger partial charge in [-0.1, -0.05) is 24.3 Å². The van der Waals surface area contributed by atoms with E-state index in [0.29, 0.717) is 6.54 Å². The van der Waals surface area contributed by atoms with E-state index in [1.54, 1.807) is 0 Å². The molecule has 0 aromatic heterocycles. The van der Waals surface area contributed by atoms with Crippen molar-refractivity contribution in [3.63, 3.8) is 0 Å². The lowest BCUT2D eigenvalue weighted by Gasteiger charge is -2.19. The van der Waals surface area contributed by atoms with Gasteiger partial charge in [-0.2, -0.15) is 0 Å². The molecular formula is C17H26N2O3. The molecule has 2 N–H and O–H groups in total. The van der Waals surface area contributed by atoms with E-state index in [2.05, 4.69) is 22.3 Å². The Morgan fingerprint density at radius 3 is 2.50 bits per heavy atom. The number of hydrogen-bond donors (Lipinski definition) is 2. The quantitative estimate of drug-likeness (QED) is 0.896. The molecule has 1 aliphatic heterocycles. The molecule has 22 heavy (non-hydrogen) atoms. The van der Waals surface area contributed by atoms with Crippen LogP contribution >= 0.6 is 0 Å². The number of carbonyl (C=O) groups excluding carboxylic acids is 1. The molecule has 0 radical (unpaired) electrons. The number of likely N-dealkylation sites (tertiary alicyclic amines) is 1. The number of alkyl carbamates (subject to hydrolysis) is 1. The first-order valence-electron chi connectivity index (χ1n) is 7.77. The molecule has 1 saturated heterocycles. The average molecular weight is 306 g/mol. The van der Waals surface area contributed by atoms with Crippen LogP contribution in [0.15, 0.2) is 24.3 Å². The Labute approximate surface area is 132 Å². The van der Waals surface area contributed by atoms with E-state index in [1.165, 1.54) is 5.56 Å². The van der Waals surface area contributed by atoms with Crippen molar-refractivity contribution in [3.8, 4) is 0 Å². The fraction of sp³-hybridized carbons (Fsp3) is 0.588. The first kappa shape index (κ1) is 16.8. The van der Waals surface area contributed by atoms with Crippen molar-refractivity contribution >= 4 is 6.09 Å². The molecule has 0 spiro atoms. The van der Waals surface area contributed by atoms with Gasteiger partial charge in [0.1, 0.15) is 5.60 Å². The van der Waals surface area contributed by atoms with Gasteiger partial charge in [0.2, 0.25) is 0 Å². The summed E-state index contributed by atoms with van der Waals surface area (Å²) in [4.78, 5) is 13.8. The second kappa shape index (κ2) is 7.11. The van der Waals surface area contributed by atoms with Crippen LogP contribution in [0.2, 0.25) is 0 Å². The van der Waals surface area contributed by atoms with E-state index in [0.717, 1.165) is 31.6 Å². The predicted octanol–water partition coefficient (Wildman–Crippen LogP) is 2.28. The molecule has 0 saturated carbocycles. The highest BCUT2D eigenvalue weighted by Gasteiger charge is 2.19. The van der Waals surface area contributed by atoms with E-state index < -0.39 is 11.7 Å². The highest BCUT2D eigenvalue weighted by atomic mass is 16.6. The number of aliphatic hydroxyl groups excluding tert-OH is 1. The Morgan fingerprint density at radius 1 is 1.32 bits per heavy atom. The van der Waals surface area contributed by atoms with Crippen LogP contribution in [-0.2, 0) is 17.8 Å². The third-order valence-corrected chi connectivity index (χ3v) is 3.51. The zero-order valence-electron chi connectivity index (χ0n) is 13.6. The Hall–Kier alpha value is -1.59. The topological polar surface area (TPSA) is 61.8 Å². The summed E-state index contributed by atoms with van der Waals surface area (Å²) in [6.45, 7) is 8.55. The molecule has 5 nitrogen and oxygen atoms in total. The molecule has 1 aromatic rings. The summed E-state index contributed by atoms with van der Waals surface area (Å²) < 4.78 is 5.20. The second-order valence-corrected chi connectivity index (χ2v) is 6.85. The first-order valence-corrected chi connectivity index (χ1v) is 7.77. The van der Waals surface area contributed by atoms with Gasteiger partial charge in [-0.15, -0.1) is 0 Å². The monoisotopic (exact) mass is 306 g/mol. The zero-order chi connectivity index (χ0) is 16.2. The zero-order valence-corrected chi connectivity index (χ0v) is 13.6. The SMILES string of the molecule is CC(C)(C)OC(=O)NCc1ccc(CN2CCC(O)C2)cc1.